The van der Waals surface area contributed by atoms with Gasteiger partial charge in [-0.15, -0.1) is 0 Å². The van der Waals surface area contributed by atoms with Crippen molar-refractivity contribution < 1.29 is 5.11 Å². The van der Waals surface area contributed by atoms with Crippen LogP contribution >= 0.6 is 0 Å². The highest BCUT2D eigenvalue weighted by Crippen LogP contribution is 2.40. The zero-order chi connectivity index (χ0) is 16.4. The molecule has 0 fully saturated rings. The lowest BCUT2D eigenvalue weighted by Gasteiger charge is -2.28. The van der Waals surface area contributed by atoms with E-state index >= 15 is 0 Å². The van der Waals surface area contributed by atoms with Gasteiger partial charge >= 0.3 is 0 Å². The van der Waals surface area contributed by atoms with Crippen molar-refractivity contribution in [3.63, 3.8) is 0 Å². The van der Waals surface area contributed by atoms with Crippen molar-refractivity contribution >= 4 is 10.8 Å². The van der Waals surface area contributed by atoms with Crippen LogP contribution in [0.4, 0.5) is 0 Å². The molecule has 4 rings (SSSR count). The molecule has 4 aromatic carbocycles. The van der Waals surface area contributed by atoms with Crippen LogP contribution in [-0.2, 0) is 10.7 Å². The van der Waals surface area contributed by atoms with E-state index in [4.69, 9.17) is 0 Å². The summed E-state index contributed by atoms with van der Waals surface area (Å²) in [6.07, 6.45) is 0. The van der Waals surface area contributed by atoms with Gasteiger partial charge in [0.1, 0.15) is 0 Å². The van der Waals surface area contributed by atoms with E-state index in [1.807, 2.05) is 91.0 Å². The summed E-state index contributed by atoms with van der Waals surface area (Å²) in [7, 11) is 0. The molecular formula is C23H17O. The smallest absolute Gasteiger partial charge is 0.179 e. The molecular weight excluding hydrogens is 292 g/mol. The molecule has 0 aliphatic rings. The fourth-order valence-electron chi connectivity index (χ4n) is 3.36. The Morgan fingerprint density at radius 1 is 0.500 bits per heavy atom. The monoisotopic (exact) mass is 309 g/mol. The second-order valence-electron chi connectivity index (χ2n) is 5.94. The lowest BCUT2D eigenvalue weighted by Crippen LogP contribution is -2.27. The molecule has 115 valence electrons. The summed E-state index contributed by atoms with van der Waals surface area (Å²) in [4.78, 5) is 0. The van der Waals surface area contributed by atoms with Crippen molar-refractivity contribution in [2.45, 2.75) is 5.60 Å². The molecule has 0 bridgehead atoms. The van der Waals surface area contributed by atoms with Crippen molar-refractivity contribution in [3.05, 3.63) is 120 Å². The van der Waals surface area contributed by atoms with E-state index in [9.17, 15) is 5.11 Å². The molecule has 24 heavy (non-hydrogen) atoms. The Labute approximate surface area is 141 Å². The quantitative estimate of drug-likeness (QED) is 0.441. The predicted molar refractivity (Wildman–Crippen MR) is 97.4 cm³/mol. The maximum atomic E-state index is 14.3. The van der Waals surface area contributed by atoms with Crippen LogP contribution in [0.5, 0.6) is 0 Å². The number of rotatable bonds is 3. The molecule has 0 atom stereocenters. The average Bonchev–Trinajstić information content (AvgIpc) is 2.68. The van der Waals surface area contributed by atoms with Gasteiger partial charge in [0.15, 0.2) is 5.60 Å². The molecule has 1 nitrogen and oxygen atoms in total. The second-order valence-corrected chi connectivity index (χ2v) is 5.94. The van der Waals surface area contributed by atoms with Crippen LogP contribution in [0.25, 0.3) is 10.8 Å². The van der Waals surface area contributed by atoms with Gasteiger partial charge < -0.3 is 0 Å². The summed E-state index contributed by atoms with van der Waals surface area (Å²) in [5.41, 5.74) is 0.863. The molecule has 1 radical (unpaired) electrons. The second kappa shape index (κ2) is 5.95. The van der Waals surface area contributed by atoms with Crippen molar-refractivity contribution in [2.24, 2.45) is 0 Å². The van der Waals surface area contributed by atoms with Crippen molar-refractivity contribution in [1.82, 2.24) is 0 Å². The molecule has 0 amide bonds. The fraction of sp³-hybridized carbons (Fsp3) is 0.0435. The molecule has 0 N–H and O–H groups in total. The molecule has 0 spiro atoms. The maximum absolute atomic E-state index is 14.3. The molecule has 0 saturated carbocycles. The van der Waals surface area contributed by atoms with Gasteiger partial charge in [-0.05, 0) is 21.9 Å². The lowest BCUT2D eigenvalue weighted by atomic mass is 9.78. The van der Waals surface area contributed by atoms with Gasteiger partial charge in [0, 0.05) is 5.56 Å². The third kappa shape index (κ3) is 2.31. The fourth-order valence-corrected chi connectivity index (χ4v) is 3.36. The van der Waals surface area contributed by atoms with Gasteiger partial charge in [0.05, 0.1) is 0 Å². The molecule has 0 aliphatic carbocycles. The normalized spacial score (nSPS) is 11.5. The van der Waals surface area contributed by atoms with Crippen LogP contribution in [0.1, 0.15) is 16.7 Å². The zero-order valence-corrected chi connectivity index (χ0v) is 13.2. The van der Waals surface area contributed by atoms with E-state index in [0.29, 0.717) is 0 Å². The first kappa shape index (κ1) is 14.7. The SMILES string of the molecule is [O]C(c1ccccc1)(c1ccccc1)c1cccc2ccccc12. The Balaban J connectivity index is 2.07. The molecule has 0 aliphatic heterocycles. The molecule has 1 heteroatoms. The van der Waals surface area contributed by atoms with E-state index in [2.05, 4.69) is 12.1 Å². The number of hydrogen-bond donors (Lipinski definition) is 0. The van der Waals surface area contributed by atoms with Gasteiger partial charge in [-0.2, -0.15) is 0 Å². The third-order valence-electron chi connectivity index (χ3n) is 4.53. The molecule has 0 unspecified atom stereocenters. The highest BCUT2D eigenvalue weighted by atomic mass is 16.3. The van der Waals surface area contributed by atoms with E-state index < -0.39 is 5.60 Å². The van der Waals surface area contributed by atoms with Crippen molar-refractivity contribution in [1.29, 1.82) is 0 Å². The van der Waals surface area contributed by atoms with Crippen LogP contribution < -0.4 is 0 Å². The molecule has 4 aromatic rings. The minimum Gasteiger partial charge on any atom is -0.214 e. The van der Waals surface area contributed by atoms with Gasteiger partial charge in [-0.3, -0.25) is 0 Å². The minimum atomic E-state index is -1.44. The van der Waals surface area contributed by atoms with Gasteiger partial charge in [0.25, 0.3) is 0 Å². The van der Waals surface area contributed by atoms with Crippen LogP contribution in [-0.4, -0.2) is 0 Å². The highest BCUT2D eigenvalue weighted by Gasteiger charge is 2.37. The standard InChI is InChI=1S/C23H17O/c24-23(19-12-3-1-4-13-19,20-14-5-2-6-15-20)22-17-9-11-18-10-7-8-16-21(18)22/h1-17H. The molecule has 0 heterocycles. The Bertz CT molecular complexity index is 914. The maximum Gasteiger partial charge on any atom is 0.179 e. The highest BCUT2D eigenvalue weighted by molar-refractivity contribution is 5.87. The summed E-state index contributed by atoms with van der Waals surface area (Å²) in [6, 6.07) is 33.3. The van der Waals surface area contributed by atoms with Crippen molar-refractivity contribution in [3.8, 4) is 0 Å². The van der Waals surface area contributed by atoms with Gasteiger partial charge in [0.2, 0.25) is 0 Å². The summed E-state index contributed by atoms with van der Waals surface area (Å²) >= 11 is 0. The summed E-state index contributed by atoms with van der Waals surface area (Å²) in [6.45, 7) is 0. The van der Waals surface area contributed by atoms with Crippen molar-refractivity contribution in [2.75, 3.05) is 0 Å². The third-order valence-corrected chi connectivity index (χ3v) is 4.53. The summed E-state index contributed by atoms with van der Waals surface area (Å²) < 4.78 is 0. The van der Waals surface area contributed by atoms with E-state index in [1.54, 1.807) is 0 Å². The van der Waals surface area contributed by atoms with Crippen LogP contribution in [0.3, 0.4) is 0 Å². The van der Waals surface area contributed by atoms with Gasteiger partial charge in [-0.25, -0.2) is 5.11 Å². The first-order valence-electron chi connectivity index (χ1n) is 8.10. The number of fused-ring (bicyclic) bond motifs is 1. The Kier molecular flexibility index (Phi) is 3.64. The van der Waals surface area contributed by atoms with E-state index in [-0.39, 0.29) is 0 Å². The number of benzene rings is 4. The van der Waals surface area contributed by atoms with E-state index in [0.717, 1.165) is 27.5 Å². The summed E-state index contributed by atoms with van der Waals surface area (Å²) in [5.74, 6) is 0. The van der Waals surface area contributed by atoms with E-state index in [1.165, 1.54) is 0 Å². The Hall–Kier alpha value is -2.90. The van der Waals surface area contributed by atoms with Crippen LogP contribution in [0.2, 0.25) is 0 Å². The largest absolute Gasteiger partial charge is 0.214 e. The number of hydrogen-bond acceptors (Lipinski definition) is 0. The van der Waals surface area contributed by atoms with Crippen LogP contribution in [0.15, 0.2) is 103 Å². The predicted octanol–water partition coefficient (Wildman–Crippen LogP) is 5.56. The average molecular weight is 309 g/mol. The first-order valence-corrected chi connectivity index (χ1v) is 8.10. The topological polar surface area (TPSA) is 19.9 Å². The Morgan fingerprint density at radius 2 is 1.00 bits per heavy atom. The molecule has 0 aromatic heterocycles. The molecule has 0 saturated heterocycles. The summed E-state index contributed by atoms with van der Waals surface area (Å²) in [5, 5.41) is 16.4. The zero-order valence-electron chi connectivity index (χ0n) is 13.2. The van der Waals surface area contributed by atoms with Gasteiger partial charge in [-0.1, -0.05) is 103 Å². The minimum absolute atomic E-state index is 0.757. The lowest BCUT2D eigenvalue weighted by molar-refractivity contribution is 0.0424. The first-order chi connectivity index (χ1) is 11.8. The Morgan fingerprint density at radius 3 is 1.62 bits per heavy atom. The van der Waals surface area contributed by atoms with Crippen LogP contribution in [0, 0.1) is 0 Å².